The van der Waals surface area contributed by atoms with E-state index in [9.17, 15) is 71.1 Å². The van der Waals surface area contributed by atoms with E-state index >= 15 is 0 Å². The number of pyridine rings is 6. The summed E-state index contributed by atoms with van der Waals surface area (Å²) in [4.78, 5) is 56.9. The SMILES string of the molecule is O=c1cc2c3c(Oc4ccc(S(=O)(=O)O)cc4)c(Oc4ccc(S(=O)(=O)O)cc4)c4c5c(c(Oc6ccc(S(=O)(=O)O)cc6)c(Oc6ccc(S(=O)(=O)O)cc6)c(c35)c3cc(=O)c5cccc1c5n23)c1cc(=O)c2cccc3c(=O)cc4n1c32. The van der Waals surface area contributed by atoms with E-state index in [4.69, 9.17) is 18.9 Å². The second-order valence-electron chi connectivity index (χ2n) is 19.4. The Morgan fingerprint density at radius 2 is 0.488 bits per heavy atom. The number of fused-ring (bicyclic) bond motifs is 4. The fourth-order valence-corrected chi connectivity index (χ4v) is 13.0. The summed E-state index contributed by atoms with van der Waals surface area (Å²) < 4.78 is 170. The smallest absolute Gasteiger partial charge is 0.294 e. The molecule has 0 atom stereocenters. The highest BCUT2D eigenvalue weighted by Gasteiger charge is 2.35. The van der Waals surface area contributed by atoms with Gasteiger partial charge in [-0.25, -0.2) is 0 Å². The van der Waals surface area contributed by atoms with Crippen molar-refractivity contribution in [3.05, 3.63) is 199 Å². The lowest BCUT2D eigenvalue weighted by molar-refractivity contribution is 0.424. The third kappa shape index (κ3) is 7.95. The van der Waals surface area contributed by atoms with Gasteiger partial charge < -0.3 is 27.7 Å². The normalized spacial score (nSPS) is 12.9. The van der Waals surface area contributed by atoms with E-state index in [-0.39, 0.29) is 133 Å². The highest BCUT2D eigenvalue weighted by molar-refractivity contribution is 7.86. The average molecular weight is 1200 g/mol. The zero-order chi connectivity index (χ0) is 58.8. The summed E-state index contributed by atoms with van der Waals surface area (Å²) in [7, 11) is -19.2. The molecule has 0 unspecified atom stereocenters. The maximum Gasteiger partial charge on any atom is 0.294 e. The topological polar surface area (TPSA) is 331 Å². The average Bonchev–Trinajstić information content (AvgIpc) is 0.675. The number of nitrogens with zero attached hydrogens (tertiary/aromatic N) is 2. The van der Waals surface area contributed by atoms with Gasteiger partial charge in [0.15, 0.2) is 44.7 Å². The van der Waals surface area contributed by atoms with Gasteiger partial charge in [-0.15, -0.1) is 0 Å². The summed E-state index contributed by atoms with van der Waals surface area (Å²) in [6, 6.07) is 31.6. The molecule has 0 fully saturated rings. The standard InChI is InChI=1S/C58H30N2O20S4/c61-43-23-39-47-51-48(40-24-44(62)36-4-1-3-35(43)53(36)59(39)40)56(78-28-9-17-32(18-10-28)82(68,69)70)58(80-30-13-21-34(22-14-30)84(74,75)76)50-42-26-46(64)38-6-2-5-37-45(63)25-41(60(42)54(37)38)49(52(50)51)57(79-29-11-19-33(20-12-29)83(71,72)73)55(47)77-27-7-15-31(16-8-27)81(65,66)67/h1-26H,(H,65,66,67)(H,68,69,70)(H,71,72,73)(H,74,75,76). The van der Waals surface area contributed by atoms with Crippen molar-refractivity contribution < 1.29 is 70.8 Å². The van der Waals surface area contributed by atoms with Crippen LogP contribution in [0.25, 0.3) is 87.0 Å². The molecule has 84 heavy (non-hydrogen) atoms. The van der Waals surface area contributed by atoms with Crippen LogP contribution in [0.5, 0.6) is 46.0 Å². The molecule has 0 saturated heterocycles. The molecule has 0 aliphatic carbocycles. The number of para-hydroxylation sites is 2. The Labute approximate surface area is 468 Å². The number of hydrogen-bond donors (Lipinski definition) is 4. The van der Waals surface area contributed by atoms with Crippen LogP contribution in [-0.2, 0) is 40.5 Å². The highest BCUT2D eigenvalue weighted by atomic mass is 32.2. The van der Waals surface area contributed by atoms with Crippen molar-refractivity contribution in [3.8, 4) is 46.0 Å². The third-order valence-corrected chi connectivity index (χ3v) is 18.0. The Morgan fingerprint density at radius 3 is 0.679 bits per heavy atom. The lowest BCUT2D eigenvalue weighted by Crippen LogP contribution is -2.15. The third-order valence-electron chi connectivity index (χ3n) is 14.6. The summed E-state index contributed by atoms with van der Waals surface area (Å²) >= 11 is 0. The van der Waals surface area contributed by atoms with Crippen LogP contribution in [0.4, 0.5) is 0 Å². The minimum atomic E-state index is -4.79. The molecule has 26 heteroatoms. The molecule has 14 rings (SSSR count). The van der Waals surface area contributed by atoms with E-state index in [1.54, 1.807) is 8.80 Å². The molecule has 0 amide bonds. The maximum atomic E-state index is 14.8. The van der Waals surface area contributed by atoms with Gasteiger partial charge in [-0.1, -0.05) is 12.1 Å². The minimum absolute atomic E-state index is 0.00443. The molecule has 4 N–H and O–H groups in total. The van der Waals surface area contributed by atoms with Gasteiger partial charge in [0, 0.05) is 56.6 Å². The number of benzene rings is 8. The molecular formula is C58H30N2O20S4. The monoisotopic (exact) mass is 1200 g/mol. The van der Waals surface area contributed by atoms with Crippen molar-refractivity contribution in [1.82, 2.24) is 8.80 Å². The first-order valence-corrected chi connectivity index (χ1v) is 30.3. The van der Waals surface area contributed by atoms with E-state index in [0.29, 0.717) is 0 Å². The lowest BCUT2D eigenvalue weighted by Gasteiger charge is -2.28. The Balaban J connectivity index is 1.30. The Bertz CT molecular complexity index is 5240. The molecule has 0 aliphatic rings. The molecule has 22 nitrogen and oxygen atoms in total. The zero-order valence-electron chi connectivity index (χ0n) is 41.9. The van der Waals surface area contributed by atoms with E-state index in [0.717, 1.165) is 48.5 Å². The number of ether oxygens (including phenoxy) is 4. The molecule has 8 aromatic carbocycles. The second-order valence-corrected chi connectivity index (χ2v) is 25.1. The predicted molar refractivity (Wildman–Crippen MR) is 306 cm³/mol. The zero-order valence-corrected chi connectivity index (χ0v) is 45.1. The van der Waals surface area contributed by atoms with Gasteiger partial charge in [0.05, 0.1) is 74.2 Å². The van der Waals surface area contributed by atoms with Gasteiger partial charge in [-0.2, -0.15) is 33.7 Å². The molecule has 0 saturated carbocycles. The van der Waals surface area contributed by atoms with Crippen molar-refractivity contribution in [2.75, 3.05) is 0 Å². The van der Waals surface area contributed by atoms with E-state index < -0.39 is 81.8 Å². The molecule has 416 valence electrons. The van der Waals surface area contributed by atoms with Gasteiger partial charge >= 0.3 is 0 Å². The first-order valence-electron chi connectivity index (χ1n) is 24.5. The molecule has 0 radical (unpaired) electrons. The van der Waals surface area contributed by atoms with E-state index in [1.165, 1.54) is 109 Å². The predicted octanol–water partition coefficient (Wildman–Crippen LogP) is 9.61. The number of hydrogen-bond acceptors (Lipinski definition) is 16. The molecule has 0 spiro atoms. The van der Waals surface area contributed by atoms with Gasteiger partial charge in [0.2, 0.25) is 0 Å². The van der Waals surface area contributed by atoms with Crippen LogP contribution in [0.2, 0.25) is 0 Å². The summed E-state index contributed by atoms with van der Waals surface area (Å²) in [6.45, 7) is 0. The second kappa shape index (κ2) is 17.8. The number of rotatable bonds is 12. The molecular weight excluding hydrogens is 1170 g/mol. The first kappa shape index (κ1) is 52.2. The Hall–Kier alpha value is -9.90. The fraction of sp³-hybridized carbons (Fsp3) is 0. The Kier molecular flexibility index (Phi) is 11.1. The van der Waals surface area contributed by atoms with Gasteiger partial charge in [-0.3, -0.25) is 37.4 Å². The van der Waals surface area contributed by atoms with Crippen LogP contribution in [-0.4, -0.2) is 60.7 Å². The minimum Gasteiger partial charge on any atom is -0.453 e. The quantitative estimate of drug-likeness (QED) is 0.0502. The fourth-order valence-electron chi connectivity index (χ4n) is 11.1. The summed E-state index contributed by atoms with van der Waals surface area (Å²) in [6.07, 6.45) is 0. The van der Waals surface area contributed by atoms with Crippen molar-refractivity contribution >= 4 is 127 Å². The van der Waals surface area contributed by atoms with Gasteiger partial charge in [-0.05, 0) is 121 Å². The molecule has 0 bridgehead atoms. The first-order chi connectivity index (χ1) is 39.8. The lowest BCUT2D eigenvalue weighted by atomic mass is 9.88. The van der Waals surface area contributed by atoms with Crippen LogP contribution < -0.4 is 40.7 Å². The Morgan fingerprint density at radius 1 is 0.286 bits per heavy atom. The van der Waals surface area contributed by atoms with Crippen LogP contribution in [0, 0.1) is 0 Å². The van der Waals surface area contributed by atoms with Gasteiger partial charge in [0.25, 0.3) is 40.5 Å². The molecule has 6 aromatic heterocycles. The van der Waals surface area contributed by atoms with Crippen LogP contribution >= 0.6 is 0 Å². The highest BCUT2D eigenvalue weighted by Crippen LogP contribution is 2.60. The molecule has 0 aliphatic heterocycles. The summed E-state index contributed by atoms with van der Waals surface area (Å²) in [5.74, 6) is -1.92. The van der Waals surface area contributed by atoms with Gasteiger partial charge in [0.1, 0.15) is 23.0 Å². The van der Waals surface area contributed by atoms with Crippen molar-refractivity contribution in [2.24, 2.45) is 0 Å². The van der Waals surface area contributed by atoms with Crippen LogP contribution in [0.15, 0.2) is 196 Å². The summed E-state index contributed by atoms with van der Waals surface area (Å²) in [5.41, 5.74) is -2.36. The molecule has 6 heterocycles. The number of aromatic nitrogens is 2. The van der Waals surface area contributed by atoms with Crippen LogP contribution in [0.1, 0.15) is 0 Å². The largest absolute Gasteiger partial charge is 0.453 e. The van der Waals surface area contributed by atoms with E-state index in [1.807, 2.05) is 0 Å². The van der Waals surface area contributed by atoms with Crippen molar-refractivity contribution in [2.45, 2.75) is 19.6 Å². The maximum absolute atomic E-state index is 14.8. The van der Waals surface area contributed by atoms with E-state index in [2.05, 4.69) is 0 Å². The van der Waals surface area contributed by atoms with Crippen molar-refractivity contribution in [1.29, 1.82) is 0 Å². The molecule has 14 aromatic rings. The van der Waals surface area contributed by atoms with Crippen molar-refractivity contribution in [3.63, 3.8) is 0 Å². The van der Waals surface area contributed by atoms with Crippen LogP contribution in [0.3, 0.4) is 0 Å². The summed E-state index contributed by atoms with van der Waals surface area (Å²) in [5, 5.41) is -0.0536.